The molecule has 0 aliphatic carbocycles. The van der Waals surface area contributed by atoms with Crippen molar-refractivity contribution in [2.75, 3.05) is 0 Å². The first-order chi connectivity index (χ1) is 10.4. The van der Waals surface area contributed by atoms with E-state index in [-0.39, 0.29) is 0 Å². The summed E-state index contributed by atoms with van der Waals surface area (Å²) in [5.74, 6) is 0.924. The monoisotopic (exact) mass is 277 g/mol. The van der Waals surface area contributed by atoms with Crippen LogP contribution in [0.3, 0.4) is 0 Å². The molecule has 3 heterocycles. The van der Waals surface area contributed by atoms with Gasteiger partial charge in [-0.1, -0.05) is 18.2 Å². The maximum absolute atomic E-state index is 5.77. The minimum Gasteiger partial charge on any atom is -0.507 e. The Morgan fingerprint density at radius 2 is 1.14 bits per heavy atom. The van der Waals surface area contributed by atoms with Crippen LogP contribution in [0.2, 0.25) is 0 Å². The predicted octanol–water partition coefficient (Wildman–Crippen LogP) is 1.72. The van der Waals surface area contributed by atoms with Gasteiger partial charge in [-0.25, -0.2) is 9.97 Å². The van der Waals surface area contributed by atoms with Crippen LogP contribution in [0.5, 0.6) is 11.8 Å². The maximum Gasteiger partial charge on any atom is 0.654 e. The van der Waals surface area contributed by atoms with Crippen molar-refractivity contribution in [3.05, 3.63) is 73.2 Å². The molecular weight excluding hydrogens is 265 g/mol. The SMILES string of the molecule is c1ccc(OB(Oc2ccccn2)c2ccccn2)nc1. The molecule has 0 aliphatic rings. The summed E-state index contributed by atoms with van der Waals surface area (Å²) in [4.78, 5) is 12.5. The first-order valence-electron chi connectivity index (χ1n) is 6.48. The second kappa shape index (κ2) is 6.52. The van der Waals surface area contributed by atoms with Gasteiger partial charge < -0.3 is 9.31 Å². The van der Waals surface area contributed by atoms with Gasteiger partial charge in [0.15, 0.2) is 11.8 Å². The third-order valence-electron chi connectivity index (χ3n) is 2.66. The molecule has 0 fully saturated rings. The van der Waals surface area contributed by atoms with Gasteiger partial charge in [0.25, 0.3) is 0 Å². The molecule has 0 unspecified atom stereocenters. The second-order valence-corrected chi connectivity index (χ2v) is 4.16. The van der Waals surface area contributed by atoms with E-state index in [2.05, 4.69) is 15.0 Å². The topological polar surface area (TPSA) is 57.1 Å². The Morgan fingerprint density at radius 3 is 1.57 bits per heavy atom. The molecule has 0 aliphatic heterocycles. The Bertz CT molecular complexity index is 627. The molecule has 3 aromatic rings. The maximum atomic E-state index is 5.77. The normalized spacial score (nSPS) is 9.90. The highest BCUT2D eigenvalue weighted by atomic mass is 16.6. The lowest BCUT2D eigenvalue weighted by atomic mass is 9.84. The van der Waals surface area contributed by atoms with E-state index in [4.69, 9.17) is 9.31 Å². The fourth-order valence-corrected chi connectivity index (χ4v) is 1.71. The van der Waals surface area contributed by atoms with E-state index in [0.717, 1.165) is 0 Å². The fraction of sp³-hybridized carbons (Fsp3) is 0. The third kappa shape index (κ3) is 3.57. The molecule has 5 nitrogen and oxygen atoms in total. The molecule has 0 atom stereocenters. The summed E-state index contributed by atoms with van der Waals surface area (Å²) in [6.45, 7) is 0. The minimum atomic E-state index is -0.712. The van der Waals surface area contributed by atoms with Crippen LogP contribution >= 0.6 is 0 Å². The van der Waals surface area contributed by atoms with Crippen LogP contribution in [0.25, 0.3) is 0 Å². The van der Waals surface area contributed by atoms with Crippen LogP contribution < -0.4 is 14.9 Å². The molecule has 0 N–H and O–H groups in total. The highest BCUT2D eigenvalue weighted by molar-refractivity contribution is 6.61. The lowest BCUT2D eigenvalue weighted by Gasteiger charge is -2.14. The predicted molar refractivity (Wildman–Crippen MR) is 79.4 cm³/mol. The Morgan fingerprint density at radius 1 is 0.619 bits per heavy atom. The van der Waals surface area contributed by atoms with Crippen molar-refractivity contribution < 1.29 is 9.31 Å². The molecule has 6 heteroatoms. The van der Waals surface area contributed by atoms with Crippen LogP contribution in [0, 0.1) is 0 Å². The van der Waals surface area contributed by atoms with Crippen molar-refractivity contribution in [3.8, 4) is 11.8 Å². The van der Waals surface area contributed by atoms with Crippen molar-refractivity contribution in [1.29, 1.82) is 0 Å². The van der Waals surface area contributed by atoms with Gasteiger partial charge in [-0.2, -0.15) is 0 Å². The largest absolute Gasteiger partial charge is 0.654 e. The number of hydrogen-bond donors (Lipinski definition) is 0. The summed E-state index contributed by atoms with van der Waals surface area (Å²) in [5.41, 5.74) is 0.647. The summed E-state index contributed by atoms with van der Waals surface area (Å²) in [7, 11) is -0.712. The van der Waals surface area contributed by atoms with E-state index < -0.39 is 7.12 Å². The van der Waals surface area contributed by atoms with E-state index in [1.54, 1.807) is 30.7 Å². The molecule has 102 valence electrons. The highest BCUT2D eigenvalue weighted by Gasteiger charge is 2.28. The molecule has 0 saturated carbocycles. The Kier molecular flexibility index (Phi) is 4.07. The number of aromatic nitrogens is 3. The van der Waals surface area contributed by atoms with Gasteiger partial charge in [-0.05, 0) is 36.4 Å². The van der Waals surface area contributed by atoms with Gasteiger partial charge in [0, 0.05) is 18.6 Å². The average Bonchev–Trinajstić information content (AvgIpc) is 2.57. The molecule has 0 bridgehead atoms. The number of nitrogens with zero attached hydrogens (tertiary/aromatic N) is 3. The highest BCUT2D eigenvalue weighted by Crippen LogP contribution is 2.09. The van der Waals surface area contributed by atoms with Gasteiger partial charge in [0.1, 0.15) is 5.59 Å². The van der Waals surface area contributed by atoms with Crippen molar-refractivity contribution in [1.82, 2.24) is 15.0 Å². The zero-order valence-corrected chi connectivity index (χ0v) is 11.2. The van der Waals surface area contributed by atoms with Crippen LogP contribution in [0.1, 0.15) is 0 Å². The van der Waals surface area contributed by atoms with Gasteiger partial charge in [0.05, 0.1) is 0 Å². The zero-order chi connectivity index (χ0) is 14.3. The lowest BCUT2D eigenvalue weighted by molar-refractivity contribution is 0.419. The molecule has 0 aromatic carbocycles. The number of hydrogen-bond acceptors (Lipinski definition) is 5. The van der Waals surface area contributed by atoms with Gasteiger partial charge >= 0.3 is 7.12 Å². The van der Waals surface area contributed by atoms with E-state index in [9.17, 15) is 0 Å². The minimum absolute atomic E-state index is 0.462. The van der Waals surface area contributed by atoms with Gasteiger partial charge in [-0.15, -0.1) is 0 Å². The molecule has 21 heavy (non-hydrogen) atoms. The molecular formula is C15H12BN3O2. The van der Waals surface area contributed by atoms with Crippen molar-refractivity contribution in [2.24, 2.45) is 0 Å². The summed E-state index contributed by atoms with van der Waals surface area (Å²) >= 11 is 0. The fourth-order valence-electron chi connectivity index (χ4n) is 1.71. The van der Waals surface area contributed by atoms with Gasteiger partial charge in [-0.3, -0.25) is 4.98 Å². The van der Waals surface area contributed by atoms with E-state index in [1.165, 1.54) is 0 Å². The van der Waals surface area contributed by atoms with E-state index >= 15 is 0 Å². The standard InChI is InChI=1S/C15H12BN3O2/c1-4-10-17-13(7-1)16(20-14-8-2-5-11-18-14)21-15-9-3-6-12-19-15/h1-12H. The molecule has 0 saturated heterocycles. The molecule has 0 radical (unpaired) electrons. The first-order valence-corrected chi connectivity index (χ1v) is 6.48. The van der Waals surface area contributed by atoms with Crippen LogP contribution in [-0.2, 0) is 0 Å². The van der Waals surface area contributed by atoms with E-state index in [1.807, 2.05) is 42.5 Å². The molecule has 0 spiro atoms. The smallest absolute Gasteiger partial charge is 0.507 e. The van der Waals surface area contributed by atoms with Crippen molar-refractivity contribution >= 4 is 12.7 Å². The molecule has 3 aromatic heterocycles. The Labute approximate surface area is 122 Å². The second-order valence-electron chi connectivity index (χ2n) is 4.16. The molecule has 3 rings (SSSR count). The summed E-state index contributed by atoms with van der Waals surface area (Å²) in [6, 6.07) is 16.4. The number of rotatable bonds is 5. The summed E-state index contributed by atoms with van der Waals surface area (Å²) in [5, 5.41) is 0. The molecule has 0 amide bonds. The Balaban J connectivity index is 1.84. The lowest BCUT2D eigenvalue weighted by Crippen LogP contribution is -2.44. The van der Waals surface area contributed by atoms with Gasteiger partial charge in [0.2, 0.25) is 0 Å². The van der Waals surface area contributed by atoms with E-state index in [0.29, 0.717) is 17.4 Å². The summed E-state index contributed by atoms with van der Waals surface area (Å²) < 4.78 is 11.5. The third-order valence-corrected chi connectivity index (χ3v) is 2.66. The first kappa shape index (κ1) is 13.1. The van der Waals surface area contributed by atoms with Crippen LogP contribution in [-0.4, -0.2) is 22.1 Å². The number of pyridine rings is 3. The zero-order valence-electron chi connectivity index (χ0n) is 11.2. The quantitative estimate of drug-likeness (QED) is 0.665. The Hall–Kier alpha value is -2.89. The summed E-state index contributed by atoms with van der Waals surface area (Å²) in [6.07, 6.45) is 5.00. The van der Waals surface area contributed by atoms with Crippen molar-refractivity contribution in [3.63, 3.8) is 0 Å². The van der Waals surface area contributed by atoms with Crippen LogP contribution in [0.4, 0.5) is 0 Å². The van der Waals surface area contributed by atoms with Crippen LogP contribution in [0.15, 0.2) is 73.2 Å². The van der Waals surface area contributed by atoms with Crippen molar-refractivity contribution in [2.45, 2.75) is 0 Å². The average molecular weight is 277 g/mol.